The highest BCUT2D eigenvalue weighted by Gasteiger charge is 2.17. The van der Waals surface area contributed by atoms with Gasteiger partial charge >= 0.3 is 0 Å². The van der Waals surface area contributed by atoms with Crippen molar-refractivity contribution in [1.82, 2.24) is 4.90 Å². The van der Waals surface area contributed by atoms with Crippen LogP contribution in [0.15, 0.2) is 54.6 Å². The van der Waals surface area contributed by atoms with Crippen molar-refractivity contribution >= 4 is 17.5 Å². The van der Waals surface area contributed by atoms with E-state index in [4.69, 9.17) is 4.74 Å². The summed E-state index contributed by atoms with van der Waals surface area (Å²) in [6, 6.07) is 16.1. The Morgan fingerprint density at radius 1 is 0.893 bits per heavy atom. The summed E-state index contributed by atoms with van der Waals surface area (Å²) in [6.07, 6.45) is 0. The van der Waals surface area contributed by atoms with Gasteiger partial charge in [0.25, 0.3) is 11.8 Å². The van der Waals surface area contributed by atoms with E-state index in [0.29, 0.717) is 28.8 Å². The van der Waals surface area contributed by atoms with E-state index in [9.17, 15) is 9.59 Å². The summed E-state index contributed by atoms with van der Waals surface area (Å²) in [5.74, 6) is 1.25. The topological polar surface area (TPSA) is 58.6 Å². The fourth-order valence-corrected chi connectivity index (χ4v) is 2.82. The first kappa shape index (κ1) is 21.5. The quantitative estimate of drug-likeness (QED) is 0.697. The molecule has 0 saturated carbocycles. The second-order valence-corrected chi connectivity index (χ2v) is 7.72. The van der Waals surface area contributed by atoms with Gasteiger partial charge in [0.2, 0.25) is 0 Å². The van der Waals surface area contributed by atoms with Gasteiger partial charge < -0.3 is 15.0 Å². The van der Waals surface area contributed by atoms with Crippen molar-refractivity contribution in [2.45, 2.75) is 27.7 Å². The van der Waals surface area contributed by atoms with Crippen LogP contribution in [-0.2, 0) is 4.79 Å². The molecular formula is C23H30N2O3. The zero-order valence-electron chi connectivity index (χ0n) is 17.1. The van der Waals surface area contributed by atoms with Crippen LogP contribution in [0.3, 0.4) is 0 Å². The smallest absolute Gasteiger partial charge is 0.260 e. The summed E-state index contributed by atoms with van der Waals surface area (Å²) in [6.45, 7) is 9.87. The maximum atomic E-state index is 12.5. The lowest BCUT2D eigenvalue weighted by Gasteiger charge is -2.26. The van der Waals surface area contributed by atoms with Crippen molar-refractivity contribution in [2.24, 2.45) is 11.8 Å². The van der Waals surface area contributed by atoms with E-state index in [2.05, 4.69) is 33.0 Å². The molecule has 0 aliphatic heterocycles. The first-order valence-corrected chi connectivity index (χ1v) is 9.72. The van der Waals surface area contributed by atoms with Crippen molar-refractivity contribution in [3.63, 3.8) is 0 Å². The number of benzene rings is 2. The van der Waals surface area contributed by atoms with Gasteiger partial charge in [-0.15, -0.1) is 0 Å². The molecule has 5 heteroatoms. The van der Waals surface area contributed by atoms with Crippen LogP contribution < -0.4 is 10.1 Å². The first-order chi connectivity index (χ1) is 13.3. The molecule has 0 aromatic heterocycles. The predicted octanol–water partition coefficient (Wildman–Crippen LogP) is 4.46. The van der Waals surface area contributed by atoms with Crippen LogP contribution in [0.1, 0.15) is 38.1 Å². The Kier molecular flexibility index (Phi) is 8.05. The fourth-order valence-electron chi connectivity index (χ4n) is 2.82. The van der Waals surface area contributed by atoms with E-state index >= 15 is 0 Å². The lowest BCUT2D eigenvalue weighted by molar-refractivity contribution is -0.134. The van der Waals surface area contributed by atoms with Crippen LogP contribution in [0, 0.1) is 11.8 Å². The van der Waals surface area contributed by atoms with Gasteiger partial charge in [0.05, 0.1) is 0 Å². The molecule has 0 aliphatic rings. The summed E-state index contributed by atoms with van der Waals surface area (Å²) in [5.41, 5.74) is 1.28. The van der Waals surface area contributed by atoms with Crippen molar-refractivity contribution in [3.8, 4) is 5.75 Å². The molecule has 0 bridgehead atoms. The van der Waals surface area contributed by atoms with E-state index in [0.717, 1.165) is 13.1 Å². The molecule has 2 aromatic rings. The van der Waals surface area contributed by atoms with Gasteiger partial charge in [-0.25, -0.2) is 0 Å². The third-order valence-corrected chi connectivity index (χ3v) is 4.03. The maximum absolute atomic E-state index is 12.5. The monoisotopic (exact) mass is 382 g/mol. The number of carbonyl (C=O) groups excluding carboxylic acids is 2. The molecule has 0 radical (unpaired) electrons. The Labute approximate surface area is 167 Å². The van der Waals surface area contributed by atoms with E-state index in [1.807, 2.05) is 23.1 Å². The predicted molar refractivity (Wildman–Crippen MR) is 113 cm³/mol. The first-order valence-electron chi connectivity index (χ1n) is 9.72. The molecule has 2 amide bonds. The maximum Gasteiger partial charge on any atom is 0.260 e. The molecule has 28 heavy (non-hydrogen) atoms. The fraction of sp³-hybridized carbons (Fsp3) is 0.391. The molecule has 0 heterocycles. The van der Waals surface area contributed by atoms with Gasteiger partial charge in [0, 0.05) is 24.3 Å². The van der Waals surface area contributed by atoms with E-state index in [1.54, 1.807) is 36.4 Å². The lowest BCUT2D eigenvalue weighted by atomic mass is 10.1. The van der Waals surface area contributed by atoms with Crippen molar-refractivity contribution in [1.29, 1.82) is 0 Å². The van der Waals surface area contributed by atoms with E-state index in [-0.39, 0.29) is 18.4 Å². The third-order valence-electron chi connectivity index (χ3n) is 4.03. The van der Waals surface area contributed by atoms with Gasteiger partial charge in [0.1, 0.15) is 5.75 Å². The zero-order chi connectivity index (χ0) is 20.5. The summed E-state index contributed by atoms with van der Waals surface area (Å²) < 4.78 is 5.65. The van der Waals surface area contributed by atoms with Gasteiger partial charge in [0.15, 0.2) is 6.61 Å². The number of amides is 2. The van der Waals surface area contributed by atoms with Crippen molar-refractivity contribution < 1.29 is 14.3 Å². The number of nitrogens with one attached hydrogen (secondary N) is 1. The van der Waals surface area contributed by atoms with Crippen LogP contribution >= 0.6 is 0 Å². The summed E-state index contributed by atoms with van der Waals surface area (Å²) in [4.78, 5) is 26.5. The largest absolute Gasteiger partial charge is 0.484 e. The molecule has 0 fully saturated rings. The Bertz CT molecular complexity index is 745. The molecule has 5 nitrogen and oxygen atoms in total. The number of hydrogen-bond donors (Lipinski definition) is 1. The number of ether oxygens (including phenoxy) is 1. The minimum absolute atomic E-state index is 0.00909. The standard InChI is InChI=1S/C23H30N2O3/c1-17(2)14-25(15-18(3)4)22(26)16-28-21-12-10-20(11-13-21)24-23(27)19-8-6-5-7-9-19/h5-13,17-18H,14-16H2,1-4H3,(H,24,27). The molecule has 0 unspecified atom stereocenters. The van der Waals surface area contributed by atoms with E-state index in [1.165, 1.54) is 0 Å². The Balaban J connectivity index is 1.89. The van der Waals surface area contributed by atoms with E-state index < -0.39 is 0 Å². The molecule has 2 rings (SSSR count). The summed E-state index contributed by atoms with van der Waals surface area (Å²) in [7, 11) is 0. The van der Waals surface area contributed by atoms with Crippen LogP contribution in [0.5, 0.6) is 5.75 Å². The molecule has 0 saturated heterocycles. The molecule has 0 aliphatic carbocycles. The van der Waals surface area contributed by atoms with Gasteiger partial charge in [-0.05, 0) is 48.2 Å². The zero-order valence-corrected chi connectivity index (χ0v) is 17.1. The number of anilines is 1. The van der Waals surface area contributed by atoms with Crippen LogP contribution in [0.25, 0.3) is 0 Å². The highest BCUT2D eigenvalue weighted by atomic mass is 16.5. The van der Waals surface area contributed by atoms with Crippen LogP contribution in [0.2, 0.25) is 0 Å². The van der Waals surface area contributed by atoms with Crippen molar-refractivity contribution in [3.05, 3.63) is 60.2 Å². The van der Waals surface area contributed by atoms with Crippen molar-refractivity contribution in [2.75, 3.05) is 25.0 Å². The Morgan fingerprint density at radius 3 is 2.00 bits per heavy atom. The molecular weight excluding hydrogens is 352 g/mol. The molecule has 150 valence electrons. The van der Waals surface area contributed by atoms with Gasteiger partial charge in [-0.2, -0.15) is 0 Å². The highest BCUT2D eigenvalue weighted by Crippen LogP contribution is 2.17. The SMILES string of the molecule is CC(C)CN(CC(C)C)C(=O)COc1ccc(NC(=O)c2ccccc2)cc1. The lowest BCUT2D eigenvalue weighted by Crippen LogP contribution is -2.39. The third kappa shape index (κ3) is 7.06. The number of nitrogens with zero attached hydrogens (tertiary/aromatic N) is 1. The summed E-state index contributed by atoms with van der Waals surface area (Å²) >= 11 is 0. The average molecular weight is 383 g/mol. The normalized spacial score (nSPS) is 10.8. The highest BCUT2D eigenvalue weighted by molar-refractivity contribution is 6.04. The molecule has 2 aromatic carbocycles. The minimum Gasteiger partial charge on any atom is -0.484 e. The second-order valence-electron chi connectivity index (χ2n) is 7.72. The van der Waals surface area contributed by atoms with Gasteiger partial charge in [-0.1, -0.05) is 45.9 Å². The Morgan fingerprint density at radius 2 is 1.46 bits per heavy atom. The number of hydrogen-bond acceptors (Lipinski definition) is 3. The molecule has 0 spiro atoms. The second kappa shape index (κ2) is 10.5. The molecule has 0 atom stereocenters. The van der Waals surface area contributed by atoms with Gasteiger partial charge in [-0.3, -0.25) is 9.59 Å². The summed E-state index contributed by atoms with van der Waals surface area (Å²) in [5, 5.41) is 2.84. The average Bonchev–Trinajstić information content (AvgIpc) is 2.66. The number of carbonyl (C=O) groups is 2. The number of rotatable bonds is 9. The van der Waals surface area contributed by atoms with Crippen LogP contribution in [-0.4, -0.2) is 36.4 Å². The van der Waals surface area contributed by atoms with Crippen LogP contribution in [0.4, 0.5) is 5.69 Å². The Hall–Kier alpha value is -2.82. The molecule has 1 N–H and O–H groups in total. The minimum atomic E-state index is -0.164.